The number of piperidine rings is 1. The van der Waals surface area contributed by atoms with Crippen LogP contribution >= 0.6 is 23.2 Å². The molecule has 2 aromatic rings. The third-order valence-electron chi connectivity index (χ3n) is 6.55. The molecule has 1 aliphatic rings. The van der Waals surface area contributed by atoms with Crippen LogP contribution in [-0.2, 0) is 20.6 Å². The van der Waals surface area contributed by atoms with E-state index in [4.69, 9.17) is 27.9 Å². The summed E-state index contributed by atoms with van der Waals surface area (Å²) in [4.78, 5) is 13.2. The number of hydrogen-bond acceptors (Lipinski definition) is 4. The number of rotatable bonds is 8. The number of halogens is 2. The number of amides is 1. The van der Waals surface area contributed by atoms with Crippen molar-refractivity contribution in [1.29, 1.82) is 0 Å². The monoisotopic (exact) mass is 540 g/mol. The van der Waals surface area contributed by atoms with Gasteiger partial charge in [0.2, 0.25) is 15.9 Å². The van der Waals surface area contributed by atoms with Crippen molar-refractivity contribution in [3.8, 4) is 5.75 Å². The molecule has 35 heavy (non-hydrogen) atoms. The number of nitrogens with zero attached hydrogens (tertiary/aromatic N) is 1. The van der Waals surface area contributed by atoms with E-state index in [1.807, 2.05) is 19.9 Å². The van der Waals surface area contributed by atoms with E-state index in [1.54, 1.807) is 25.3 Å². The number of ether oxygens (including phenoxy) is 1. The fraction of sp³-hybridized carbons (Fsp3) is 0.500. The first-order valence-corrected chi connectivity index (χ1v) is 14.2. The van der Waals surface area contributed by atoms with Crippen LogP contribution in [0.4, 0.5) is 0 Å². The lowest BCUT2D eigenvalue weighted by molar-refractivity contribution is -0.126. The molecule has 1 amide bonds. The molecule has 2 aromatic carbocycles. The van der Waals surface area contributed by atoms with Crippen LogP contribution in [0.1, 0.15) is 67.8 Å². The molecule has 1 heterocycles. The number of carbonyl (C=O) groups excluding carboxylic acids is 1. The van der Waals surface area contributed by atoms with E-state index < -0.39 is 15.9 Å². The van der Waals surface area contributed by atoms with E-state index in [2.05, 4.69) is 25.2 Å². The number of aryl methyl sites for hydroxylation is 1. The molecule has 1 aliphatic heterocycles. The molecule has 2 atom stereocenters. The molecule has 6 nitrogen and oxygen atoms in total. The van der Waals surface area contributed by atoms with Crippen LogP contribution in [0, 0.1) is 12.8 Å². The summed E-state index contributed by atoms with van der Waals surface area (Å²) in [6.07, 6.45) is 1.28. The maximum atomic E-state index is 13.2. The molecule has 0 radical (unpaired) electrons. The molecule has 0 saturated carbocycles. The largest absolute Gasteiger partial charge is 0.496 e. The fourth-order valence-corrected chi connectivity index (χ4v) is 6.48. The molecule has 9 heteroatoms. The average molecular weight is 542 g/mol. The van der Waals surface area contributed by atoms with Crippen molar-refractivity contribution in [3.05, 3.63) is 62.6 Å². The van der Waals surface area contributed by atoms with Gasteiger partial charge in [0.1, 0.15) is 5.75 Å². The van der Waals surface area contributed by atoms with Crippen LogP contribution in [0.15, 0.2) is 30.3 Å². The highest BCUT2D eigenvalue weighted by Crippen LogP contribution is 2.32. The van der Waals surface area contributed by atoms with Crippen molar-refractivity contribution in [2.75, 3.05) is 20.2 Å². The van der Waals surface area contributed by atoms with Gasteiger partial charge >= 0.3 is 0 Å². The lowest BCUT2D eigenvalue weighted by Crippen LogP contribution is -2.46. The van der Waals surface area contributed by atoms with Crippen LogP contribution in [0.2, 0.25) is 10.0 Å². The van der Waals surface area contributed by atoms with Gasteiger partial charge in [-0.3, -0.25) is 4.79 Å². The second-order valence-corrected chi connectivity index (χ2v) is 12.3. The van der Waals surface area contributed by atoms with Gasteiger partial charge in [0.25, 0.3) is 0 Å². The van der Waals surface area contributed by atoms with Crippen molar-refractivity contribution in [1.82, 2.24) is 9.62 Å². The highest BCUT2D eigenvalue weighted by Gasteiger charge is 2.33. The first kappa shape index (κ1) is 27.8. The zero-order valence-electron chi connectivity index (χ0n) is 20.9. The van der Waals surface area contributed by atoms with Gasteiger partial charge in [-0.1, -0.05) is 43.1 Å². The summed E-state index contributed by atoms with van der Waals surface area (Å²) in [5.41, 5.74) is 3.72. The lowest BCUT2D eigenvalue weighted by atomic mass is 9.92. The molecular formula is C26H34Cl2N2O4S. The summed E-state index contributed by atoms with van der Waals surface area (Å²) in [7, 11) is -1.94. The summed E-state index contributed by atoms with van der Waals surface area (Å²) in [5, 5.41) is 3.81. The van der Waals surface area contributed by atoms with Crippen LogP contribution in [0.5, 0.6) is 5.75 Å². The number of nitrogens with one attached hydrogen (secondary N) is 1. The van der Waals surface area contributed by atoms with Crippen molar-refractivity contribution in [2.45, 2.75) is 58.2 Å². The topological polar surface area (TPSA) is 75.7 Å². The zero-order valence-corrected chi connectivity index (χ0v) is 23.2. The summed E-state index contributed by atoms with van der Waals surface area (Å²) >= 11 is 12.0. The number of sulfonamides is 1. The minimum Gasteiger partial charge on any atom is -0.496 e. The van der Waals surface area contributed by atoms with Crippen LogP contribution < -0.4 is 10.1 Å². The Kier molecular flexibility index (Phi) is 9.13. The Morgan fingerprint density at radius 3 is 2.49 bits per heavy atom. The van der Waals surface area contributed by atoms with Crippen molar-refractivity contribution in [2.24, 2.45) is 5.92 Å². The van der Waals surface area contributed by atoms with E-state index in [0.717, 1.165) is 22.4 Å². The van der Waals surface area contributed by atoms with E-state index in [-0.39, 0.29) is 30.2 Å². The van der Waals surface area contributed by atoms with Crippen LogP contribution in [0.25, 0.3) is 0 Å². The van der Waals surface area contributed by atoms with Crippen LogP contribution in [0.3, 0.4) is 0 Å². The van der Waals surface area contributed by atoms with Gasteiger partial charge in [-0.15, -0.1) is 0 Å². The van der Waals surface area contributed by atoms with Crippen molar-refractivity contribution < 1.29 is 17.9 Å². The molecule has 1 N–H and O–H groups in total. The van der Waals surface area contributed by atoms with Gasteiger partial charge in [0.05, 0.1) is 34.9 Å². The first-order chi connectivity index (χ1) is 16.4. The van der Waals surface area contributed by atoms with Gasteiger partial charge in [-0.25, -0.2) is 12.7 Å². The third-order valence-corrected chi connectivity index (χ3v) is 9.10. The van der Waals surface area contributed by atoms with E-state index in [0.29, 0.717) is 35.0 Å². The van der Waals surface area contributed by atoms with Gasteiger partial charge in [0.15, 0.2) is 0 Å². The molecule has 0 aliphatic carbocycles. The predicted octanol–water partition coefficient (Wildman–Crippen LogP) is 5.85. The normalized spacial score (nSPS) is 17.9. The lowest BCUT2D eigenvalue weighted by Gasteiger charge is -2.32. The highest BCUT2D eigenvalue weighted by atomic mass is 35.5. The Labute approximate surface area is 219 Å². The average Bonchev–Trinajstić information content (AvgIpc) is 2.80. The van der Waals surface area contributed by atoms with Gasteiger partial charge in [0, 0.05) is 13.1 Å². The number of benzene rings is 2. The number of hydrogen-bond donors (Lipinski definition) is 1. The maximum absolute atomic E-state index is 13.2. The summed E-state index contributed by atoms with van der Waals surface area (Å²) in [6, 6.07) is 8.71. The number of methoxy groups -OCH3 is 1. The molecule has 0 bridgehead atoms. The third kappa shape index (κ3) is 6.70. The van der Waals surface area contributed by atoms with E-state index in [9.17, 15) is 13.2 Å². The zero-order chi connectivity index (χ0) is 25.9. The molecule has 1 saturated heterocycles. The SMILES string of the molecule is COc1cc(C)c([C@@H](C)NC(=O)[C@H]2CCCN(S(=O)(=O)Cc3ccc(Cl)c(Cl)c3)C2)cc1C(C)C. The van der Waals surface area contributed by atoms with Gasteiger partial charge in [-0.2, -0.15) is 0 Å². The Balaban J connectivity index is 1.70. The van der Waals surface area contributed by atoms with Crippen molar-refractivity contribution in [3.63, 3.8) is 0 Å². The standard InChI is InChI=1S/C26H34Cl2N2O4S/c1-16(2)21-13-22(17(3)11-25(21)34-5)18(4)29-26(31)20-7-6-10-30(14-20)35(32,33)15-19-8-9-23(27)24(28)12-19/h8-9,11-13,16,18,20H,6-7,10,14-15H2,1-5H3,(H,29,31)/t18-,20+/m1/s1. The van der Waals surface area contributed by atoms with E-state index >= 15 is 0 Å². The Bertz CT molecular complexity index is 1180. The fourth-order valence-electron chi connectivity index (χ4n) is 4.56. The Morgan fingerprint density at radius 1 is 1.14 bits per heavy atom. The van der Waals surface area contributed by atoms with Crippen molar-refractivity contribution >= 4 is 39.1 Å². The number of carbonyl (C=O) groups is 1. The summed E-state index contributed by atoms with van der Waals surface area (Å²) < 4.78 is 33.1. The Hall–Kier alpha value is -1.80. The van der Waals surface area contributed by atoms with Gasteiger partial charge in [-0.05, 0) is 79.1 Å². The van der Waals surface area contributed by atoms with Crippen LogP contribution in [-0.4, -0.2) is 38.8 Å². The molecule has 192 valence electrons. The first-order valence-electron chi connectivity index (χ1n) is 11.8. The molecule has 3 rings (SSSR count). The second kappa shape index (κ2) is 11.5. The van der Waals surface area contributed by atoms with E-state index in [1.165, 1.54) is 4.31 Å². The molecular weight excluding hydrogens is 507 g/mol. The minimum absolute atomic E-state index is 0.131. The predicted molar refractivity (Wildman–Crippen MR) is 142 cm³/mol. The molecule has 0 spiro atoms. The molecule has 1 fully saturated rings. The second-order valence-electron chi connectivity index (χ2n) is 9.54. The molecule has 0 aromatic heterocycles. The summed E-state index contributed by atoms with van der Waals surface area (Å²) in [5.74, 6) is 0.401. The summed E-state index contributed by atoms with van der Waals surface area (Å²) in [6.45, 7) is 8.74. The highest BCUT2D eigenvalue weighted by molar-refractivity contribution is 7.88. The van der Waals surface area contributed by atoms with Gasteiger partial charge < -0.3 is 10.1 Å². The quantitative estimate of drug-likeness (QED) is 0.455. The minimum atomic E-state index is -3.60. The maximum Gasteiger partial charge on any atom is 0.224 e. The Morgan fingerprint density at radius 2 is 1.86 bits per heavy atom. The molecule has 0 unspecified atom stereocenters. The smallest absolute Gasteiger partial charge is 0.224 e.